The van der Waals surface area contributed by atoms with Crippen molar-refractivity contribution in [3.05, 3.63) is 76.9 Å². The van der Waals surface area contributed by atoms with Crippen LogP contribution in [0.2, 0.25) is 0 Å². The third-order valence-corrected chi connectivity index (χ3v) is 4.45. The van der Waals surface area contributed by atoms with E-state index < -0.39 is 11.8 Å². The first-order valence-corrected chi connectivity index (χ1v) is 8.68. The number of aliphatic hydroxyl groups is 1. The predicted octanol–water partition coefficient (Wildman–Crippen LogP) is 3.48. The van der Waals surface area contributed by atoms with Gasteiger partial charge in [0.05, 0.1) is 0 Å². The Kier molecular flexibility index (Phi) is 5.06. The highest BCUT2D eigenvalue weighted by Gasteiger charge is 2.42. The predicted molar refractivity (Wildman–Crippen MR) is 102 cm³/mol. The van der Waals surface area contributed by atoms with Gasteiger partial charge in [-0.05, 0) is 55.2 Å². The van der Waals surface area contributed by atoms with Crippen LogP contribution in [-0.2, 0) is 22.4 Å². The normalized spacial score (nSPS) is 18.8. The van der Waals surface area contributed by atoms with Gasteiger partial charge >= 0.3 is 5.97 Å². The van der Waals surface area contributed by atoms with Crippen LogP contribution in [0.4, 0.5) is 0 Å². The van der Waals surface area contributed by atoms with Crippen molar-refractivity contribution in [3.8, 4) is 11.5 Å². The smallest absolute Gasteiger partial charge is 0.334 e. The van der Waals surface area contributed by atoms with Crippen LogP contribution >= 0.6 is 0 Å². The van der Waals surface area contributed by atoms with Gasteiger partial charge in [-0.25, -0.2) is 4.79 Å². The molecule has 5 nitrogen and oxygen atoms in total. The zero-order valence-electron chi connectivity index (χ0n) is 15.3. The number of esters is 1. The summed E-state index contributed by atoms with van der Waals surface area (Å²) in [6.45, 7) is 3.96. The van der Waals surface area contributed by atoms with Crippen LogP contribution in [0.1, 0.15) is 30.5 Å². The molecule has 0 bridgehead atoms. The molecule has 0 unspecified atom stereocenters. The lowest BCUT2D eigenvalue weighted by Crippen LogP contribution is -2.33. The molecule has 0 aromatic heterocycles. The highest BCUT2D eigenvalue weighted by Crippen LogP contribution is 2.37. The zero-order valence-corrected chi connectivity index (χ0v) is 15.3. The third kappa shape index (κ3) is 4.20. The Morgan fingerprint density at radius 3 is 2.48 bits per heavy atom. The summed E-state index contributed by atoms with van der Waals surface area (Å²) in [6, 6.07) is 11.3. The molecule has 3 N–H and O–H groups in total. The molecule has 0 radical (unpaired) electrons. The number of ether oxygens (including phenoxy) is 1. The first kappa shape index (κ1) is 18.7. The maximum Gasteiger partial charge on any atom is 0.334 e. The molecule has 0 amide bonds. The van der Waals surface area contributed by atoms with Crippen molar-refractivity contribution in [2.75, 3.05) is 0 Å². The molecular weight excluding hydrogens is 344 g/mol. The fraction of sp³-hybridized carbons (Fsp3) is 0.227. The number of allylic oxidation sites excluding steroid dienone is 2. The van der Waals surface area contributed by atoms with Crippen molar-refractivity contribution in [1.29, 1.82) is 0 Å². The average molecular weight is 366 g/mol. The van der Waals surface area contributed by atoms with Gasteiger partial charge in [0.15, 0.2) is 0 Å². The van der Waals surface area contributed by atoms with Crippen LogP contribution in [-0.4, -0.2) is 27.1 Å². The molecule has 0 aliphatic carbocycles. The first-order chi connectivity index (χ1) is 12.8. The molecule has 0 saturated heterocycles. The fourth-order valence-electron chi connectivity index (χ4n) is 3.07. The van der Waals surface area contributed by atoms with Gasteiger partial charge in [0.2, 0.25) is 5.79 Å². The minimum absolute atomic E-state index is 0.0492. The van der Waals surface area contributed by atoms with Crippen molar-refractivity contribution in [3.63, 3.8) is 0 Å². The number of aromatic hydroxyl groups is 2. The highest BCUT2D eigenvalue weighted by molar-refractivity contribution is 5.98. The van der Waals surface area contributed by atoms with Crippen LogP contribution < -0.4 is 0 Å². The van der Waals surface area contributed by atoms with E-state index in [1.54, 1.807) is 30.3 Å². The molecule has 0 spiro atoms. The molecule has 1 heterocycles. The van der Waals surface area contributed by atoms with E-state index in [1.165, 1.54) is 18.2 Å². The van der Waals surface area contributed by atoms with Crippen molar-refractivity contribution in [1.82, 2.24) is 0 Å². The topological polar surface area (TPSA) is 87.0 Å². The lowest BCUT2D eigenvalue weighted by atomic mass is 9.92. The Morgan fingerprint density at radius 2 is 1.81 bits per heavy atom. The van der Waals surface area contributed by atoms with Crippen LogP contribution in [0.5, 0.6) is 11.5 Å². The molecule has 3 rings (SSSR count). The Balaban J connectivity index is 1.90. The van der Waals surface area contributed by atoms with E-state index in [0.29, 0.717) is 17.6 Å². The molecule has 0 fully saturated rings. The SMILES string of the molecule is CC(C)=CCc1cc(C[C@@]2(O)OC(=O)C=C2c2ccc(O)cc2)ccc1O. The van der Waals surface area contributed by atoms with E-state index in [1.807, 2.05) is 19.9 Å². The molecule has 1 aliphatic heterocycles. The number of phenolic OH excluding ortho intramolecular Hbond substituents is 2. The highest BCUT2D eigenvalue weighted by atomic mass is 16.7. The lowest BCUT2D eigenvalue weighted by Gasteiger charge is -2.25. The van der Waals surface area contributed by atoms with Gasteiger partial charge in [-0.3, -0.25) is 0 Å². The third-order valence-electron chi connectivity index (χ3n) is 4.45. The summed E-state index contributed by atoms with van der Waals surface area (Å²) >= 11 is 0. The second-order valence-corrected chi connectivity index (χ2v) is 6.94. The maximum absolute atomic E-state index is 11.8. The Morgan fingerprint density at radius 1 is 1.11 bits per heavy atom. The molecular formula is C22H22O5. The van der Waals surface area contributed by atoms with Crippen LogP contribution in [0, 0.1) is 0 Å². The van der Waals surface area contributed by atoms with Crippen molar-refractivity contribution in [2.45, 2.75) is 32.5 Å². The molecule has 1 aliphatic rings. The lowest BCUT2D eigenvalue weighted by molar-refractivity contribution is -0.174. The van der Waals surface area contributed by atoms with Crippen molar-refractivity contribution < 1.29 is 24.9 Å². The minimum Gasteiger partial charge on any atom is -0.508 e. The number of carbonyl (C=O) groups excluding carboxylic acids is 1. The van der Waals surface area contributed by atoms with E-state index in [-0.39, 0.29) is 17.9 Å². The minimum atomic E-state index is -1.81. The van der Waals surface area contributed by atoms with Crippen LogP contribution in [0.25, 0.3) is 5.57 Å². The number of carbonyl (C=O) groups is 1. The van der Waals surface area contributed by atoms with E-state index in [9.17, 15) is 20.1 Å². The average Bonchev–Trinajstić information content (AvgIpc) is 2.90. The standard InChI is InChI=1S/C22H22O5/c1-14(2)3-5-17-11-15(4-10-20(17)24)13-22(26)19(12-21(25)27-22)16-6-8-18(23)9-7-16/h3-4,6-12,23-24,26H,5,13H2,1-2H3/t22-/m1/s1. The van der Waals surface area contributed by atoms with Crippen molar-refractivity contribution >= 4 is 11.5 Å². The molecule has 140 valence electrons. The van der Waals surface area contributed by atoms with E-state index in [4.69, 9.17) is 4.74 Å². The summed E-state index contributed by atoms with van der Waals surface area (Å²) < 4.78 is 5.21. The second kappa shape index (κ2) is 7.29. The summed E-state index contributed by atoms with van der Waals surface area (Å²) in [5.41, 5.74) is 3.53. The van der Waals surface area contributed by atoms with Gasteiger partial charge in [-0.15, -0.1) is 0 Å². The summed E-state index contributed by atoms with van der Waals surface area (Å²) in [6.07, 6.45) is 3.89. The van der Waals surface area contributed by atoms with Crippen molar-refractivity contribution in [2.24, 2.45) is 0 Å². The van der Waals surface area contributed by atoms with Crippen LogP contribution in [0.15, 0.2) is 60.2 Å². The van der Waals surface area contributed by atoms with Gasteiger partial charge < -0.3 is 20.1 Å². The summed E-state index contributed by atoms with van der Waals surface area (Å²) in [4.78, 5) is 11.8. The number of hydrogen-bond donors (Lipinski definition) is 3. The molecule has 2 aromatic rings. The molecule has 0 saturated carbocycles. The molecule has 2 aromatic carbocycles. The van der Waals surface area contributed by atoms with Gasteiger partial charge in [-0.1, -0.05) is 35.9 Å². The Bertz CT molecular complexity index is 920. The maximum atomic E-state index is 11.8. The quantitative estimate of drug-likeness (QED) is 0.557. The molecule has 1 atom stereocenters. The number of rotatable bonds is 5. The van der Waals surface area contributed by atoms with Gasteiger partial charge in [-0.2, -0.15) is 0 Å². The fourth-order valence-corrected chi connectivity index (χ4v) is 3.07. The second-order valence-electron chi connectivity index (χ2n) is 6.94. The summed E-state index contributed by atoms with van der Waals surface area (Å²) in [5, 5.41) is 30.5. The van der Waals surface area contributed by atoms with E-state index >= 15 is 0 Å². The Hall–Kier alpha value is -3.05. The number of benzene rings is 2. The number of phenols is 2. The number of cyclic esters (lactones) is 1. The van der Waals surface area contributed by atoms with Crippen LogP contribution in [0.3, 0.4) is 0 Å². The number of hydrogen-bond acceptors (Lipinski definition) is 5. The van der Waals surface area contributed by atoms with E-state index in [0.717, 1.165) is 16.7 Å². The first-order valence-electron chi connectivity index (χ1n) is 8.68. The van der Waals surface area contributed by atoms with E-state index in [2.05, 4.69) is 0 Å². The largest absolute Gasteiger partial charge is 0.508 e. The monoisotopic (exact) mass is 366 g/mol. The molecule has 5 heteroatoms. The molecule has 27 heavy (non-hydrogen) atoms. The zero-order chi connectivity index (χ0) is 19.6. The van der Waals surface area contributed by atoms with Gasteiger partial charge in [0.25, 0.3) is 0 Å². The van der Waals surface area contributed by atoms with Gasteiger partial charge in [0.1, 0.15) is 11.5 Å². The summed E-state index contributed by atoms with van der Waals surface area (Å²) in [5.74, 6) is -2.15. The van der Waals surface area contributed by atoms with Gasteiger partial charge in [0, 0.05) is 18.1 Å². The summed E-state index contributed by atoms with van der Waals surface area (Å²) in [7, 11) is 0. The Labute approximate surface area is 157 Å².